The summed E-state index contributed by atoms with van der Waals surface area (Å²) in [5.74, 6) is -0.121. The van der Waals surface area contributed by atoms with Crippen molar-refractivity contribution in [2.75, 3.05) is 6.54 Å². The van der Waals surface area contributed by atoms with E-state index in [-0.39, 0.29) is 5.82 Å². The van der Waals surface area contributed by atoms with Crippen LogP contribution in [0.4, 0.5) is 5.82 Å². The fraction of sp³-hybridized carbons (Fsp3) is 0.200. The molecular formula is C10H9N3O2. The summed E-state index contributed by atoms with van der Waals surface area (Å²) in [5.41, 5.74) is 2.04. The standard InChI is InChI=1S/C10H9N3O2/c14-13(15)10-2-1-9(7-12-10)8-3-5-11-6-4-8/h1-3,6-7H,4-5H2. The fourth-order valence-electron chi connectivity index (χ4n) is 1.40. The van der Waals surface area contributed by atoms with Gasteiger partial charge in [0.15, 0.2) is 0 Å². The maximum absolute atomic E-state index is 10.4. The van der Waals surface area contributed by atoms with E-state index in [1.807, 2.05) is 12.3 Å². The zero-order valence-electron chi connectivity index (χ0n) is 7.96. The average molecular weight is 203 g/mol. The third-order valence-corrected chi connectivity index (χ3v) is 2.19. The Labute approximate surface area is 86.3 Å². The number of nitrogens with zero attached hydrogens (tertiary/aromatic N) is 3. The second-order valence-corrected chi connectivity index (χ2v) is 3.14. The van der Waals surface area contributed by atoms with Gasteiger partial charge in [-0.25, -0.2) is 0 Å². The largest absolute Gasteiger partial charge is 0.363 e. The molecule has 5 nitrogen and oxygen atoms in total. The van der Waals surface area contributed by atoms with Crippen molar-refractivity contribution < 1.29 is 4.92 Å². The highest BCUT2D eigenvalue weighted by molar-refractivity contribution is 5.81. The predicted octanol–water partition coefficient (Wildman–Crippen LogP) is 1.85. The third kappa shape index (κ3) is 2.07. The third-order valence-electron chi connectivity index (χ3n) is 2.19. The maximum atomic E-state index is 10.4. The Balaban J connectivity index is 2.23. The molecule has 0 N–H and O–H groups in total. The van der Waals surface area contributed by atoms with Crippen LogP contribution in [0.15, 0.2) is 29.4 Å². The van der Waals surface area contributed by atoms with Gasteiger partial charge in [0.05, 0.1) is 6.54 Å². The molecule has 0 spiro atoms. The molecule has 2 rings (SSSR count). The monoisotopic (exact) mass is 203 g/mol. The number of aliphatic imine (C=N–C) groups is 1. The number of rotatable bonds is 2. The summed E-state index contributed by atoms with van der Waals surface area (Å²) in [6.07, 6.45) is 6.14. The highest BCUT2D eigenvalue weighted by Gasteiger charge is 2.09. The molecule has 0 atom stereocenters. The average Bonchev–Trinajstić information content (AvgIpc) is 2.30. The summed E-state index contributed by atoms with van der Waals surface area (Å²) < 4.78 is 0. The normalized spacial score (nSPS) is 14.8. The molecule has 0 saturated carbocycles. The zero-order valence-corrected chi connectivity index (χ0v) is 7.96. The van der Waals surface area contributed by atoms with Crippen molar-refractivity contribution >= 4 is 17.6 Å². The highest BCUT2D eigenvalue weighted by atomic mass is 16.6. The van der Waals surface area contributed by atoms with Gasteiger partial charge < -0.3 is 10.1 Å². The van der Waals surface area contributed by atoms with Gasteiger partial charge in [-0.05, 0) is 21.5 Å². The molecule has 0 unspecified atom stereocenters. The van der Waals surface area contributed by atoms with Crippen molar-refractivity contribution in [1.29, 1.82) is 0 Å². The Kier molecular flexibility index (Phi) is 2.53. The summed E-state index contributed by atoms with van der Waals surface area (Å²) in [7, 11) is 0. The van der Waals surface area contributed by atoms with Gasteiger partial charge in [-0.2, -0.15) is 0 Å². The summed E-state index contributed by atoms with van der Waals surface area (Å²) >= 11 is 0. The summed E-state index contributed by atoms with van der Waals surface area (Å²) in [6.45, 7) is 0.673. The Morgan fingerprint density at radius 1 is 1.40 bits per heavy atom. The van der Waals surface area contributed by atoms with Crippen LogP contribution in [0.2, 0.25) is 0 Å². The molecule has 0 bridgehead atoms. The van der Waals surface area contributed by atoms with Crippen LogP contribution >= 0.6 is 0 Å². The Bertz CT molecular complexity index is 434. The molecule has 1 aliphatic rings. The second kappa shape index (κ2) is 4.00. The van der Waals surface area contributed by atoms with Crippen molar-refractivity contribution in [3.63, 3.8) is 0 Å². The van der Waals surface area contributed by atoms with Gasteiger partial charge in [0, 0.05) is 24.3 Å². The van der Waals surface area contributed by atoms with Crippen molar-refractivity contribution in [3.05, 3.63) is 40.1 Å². The van der Waals surface area contributed by atoms with E-state index in [1.165, 1.54) is 12.3 Å². The maximum Gasteiger partial charge on any atom is 0.363 e. The van der Waals surface area contributed by atoms with Gasteiger partial charge >= 0.3 is 5.82 Å². The SMILES string of the molecule is O=[N+]([O-])c1ccc(C2=CCN=CC2)cn1. The summed E-state index contributed by atoms with van der Waals surface area (Å²) in [6, 6.07) is 3.14. The molecule has 0 amide bonds. The van der Waals surface area contributed by atoms with Gasteiger partial charge in [0.25, 0.3) is 0 Å². The van der Waals surface area contributed by atoms with Crippen molar-refractivity contribution in [2.24, 2.45) is 4.99 Å². The van der Waals surface area contributed by atoms with E-state index < -0.39 is 4.92 Å². The smallest absolute Gasteiger partial charge is 0.358 e. The molecule has 0 aliphatic carbocycles. The number of nitro groups is 1. The molecule has 76 valence electrons. The molecule has 1 aromatic rings. The van der Waals surface area contributed by atoms with Gasteiger partial charge in [0.1, 0.15) is 6.20 Å². The topological polar surface area (TPSA) is 68.4 Å². The molecule has 5 heteroatoms. The van der Waals surface area contributed by atoms with E-state index in [0.717, 1.165) is 17.6 Å². The number of dihydropyridines is 1. The lowest BCUT2D eigenvalue weighted by molar-refractivity contribution is -0.389. The van der Waals surface area contributed by atoms with Crippen molar-refractivity contribution in [2.45, 2.75) is 6.42 Å². The molecular weight excluding hydrogens is 194 g/mol. The lowest BCUT2D eigenvalue weighted by Crippen LogP contribution is -1.96. The fourth-order valence-corrected chi connectivity index (χ4v) is 1.40. The van der Waals surface area contributed by atoms with Crippen LogP contribution in [-0.2, 0) is 0 Å². The van der Waals surface area contributed by atoms with Crippen LogP contribution in [-0.4, -0.2) is 22.7 Å². The van der Waals surface area contributed by atoms with Gasteiger partial charge in [-0.15, -0.1) is 0 Å². The van der Waals surface area contributed by atoms with E-state index >= 15 is 0 Å². The summed E-state index contributed by atoms with van der Waals surface area (Å²) in [4.78, 5) is 17.7. The van der Waals surface area contributed by atoms with Crippen molar-refractivity contribution in [1.82, 2.24) is 4.98 Å². The lowest BCUT2D eigenvalue weighted by Gasteiger charge is -2.05. The quantitative estimate of drug-likeness (QED) is 0.544. The zero-order chi connectivity index (χ0) is 10.7. The van der Waals surface area contributed by atoms with Crippen LogP contribution in [0.25, 0.3) is 5.57 Å². The van der Waals surface area contributed by atoms with E-state index in [9.17, 15) is 10.1 Å². The van der Waals surface area contributed by atoms with Crippen LogP contribution in [0.1, 0.15) is 12.0 Å². The Morgan fingerprint density at radius 2 is 2.27 bits per heavy atom. The van der Waals surface area contributed by atoms with Gasteiger partial charge in [-0.3, -0.25) is 4.99 Å². The molecule has 0 radical (unpaired) electrons. The molecule has 15 heavy (non-hydrogen) atoms. The predicted molar refractivity (Wildman–Crippen MR) is 56.8 cm³/mol. The minimum absolute atomic E-state index is 0.121. The van der Waals surface area contributed by atoms with E-state index in [1.54, 1.807) is 6.07 Å². The number of aromatic nitrogens is 1. The number of hydrogen-bond donors (Lipinski definition) is 0. The van der Waals surface area contributed by atoms with Crippen LogP contribution in [0.5, 0.6) is 0 Å². The first-order valence-electron chi connectivity index (χ1n) is 4.55. The molecule has 1 aromatic heterocycles. The first kappa shape index (κ1) is 9.51. The summed E-state index contributed by atoms with van der Waals surface area (Å²) in [5, 5.41) is 10.4. The molecule has 1 aliphatic heterocycles. The molecule has 0 aromatic carbocycles. The molecule has 2 heterocycles. The van der Waals surface area contributed by atoms with E-state index in [4.69, 9.17) is 0 Å². The first-order chi connectivity index (χ1) is 7.27. The van der Waals surface area contributed by atoms with Crippen LogP contribution in [0.3, 0.4) is 0 Å². The van der Waals surface area contributed by atoms with Crippen LogP contribution in [0, 0.1) is 10.1 Å². The van der Waals surface area contributed by atoms with E-state index in [2.05, 4.69) is 9.98 Å². The first-order valence-corrected chi connectivity index (χ1v) is 4.55. The van der Waals surface area contributed by atoms with Gasteiger partial charge in [0.2, 0.25) is 0 Å². The Morgan fingerprint density at radius 3 is 2.80 bits per heavy atom. The van der Waals surface area contributed by atoms with E-state index in [0.29, 0.717) is 6.54 Å². The minimum Gasteiger partial charge on any atom is -0.358 e. The number of hydrogen-bond acceptors (Lipinski definition) is 4. The lowest BCUT2D eigenvalue weighted by atomic mass is 10.0. The van der Waals surface area contributed by atoms with Crippen LogP contribution < -0.4 is 0 Å². The van der Waals surface area contributed by atoms with Gasteiger partial charge in [-0.1, -0.05) is 6.08 Å². The number of pyridine rings is 1. The Hall–Kier alpha value is -2.04. The highest BCUT2D eigenvalue weighted by Crippen LogP contribution is 2.19. The molecule has 0 fully saturated rings. The van der Waals surface area contributed by atoms with Crippen molar-refractivity contribution in [3.8, 4) is 0 Å². The minimum atomic E-state index is -0.500. The second-order valence-electron chi connectivity index (χ2n) is 3.14. The molecule has 0 saturated heterocycles. The number of allylic oxidation sites excluding steroid dienone is 1.